The van der Waals surface area contributed by atoms with Gasteiger partial charge in [-0.1, -0.05) is 72.8 Å². The summed E-state index contributed by atoms with van der Waals surface area (Å²) in [6.45, 7) is 0. The third kappa shape index (κ3) is 4.70. The van der Waals surface area contributed by atoms with Crippen molar-refractivity contribution in [2.45, 2.75) is 0 Å². The van der Waals surface area contributed by atoms with Gasteiger partial charge in [0, 0.05) is 68.4 Å². The Morgan fingerprint density at radius 2 is 1.13 bits per heavy atom. The minimum Gasteiger partial charge on any atom is -0.294 e. The highest BCUT2D eigenvalue weighted by Crippen LogP contribution is 2.39. The molecule has 0 saturated carbocycles. The van der Waals surface area contributed by atoms with Gasteiger partial charge in [-0.3, -0.25) is 19.5 Å². The number of benzene rings is 5. The number of rotatable bonds is 4. The van der Waals surface area contributed by atoms with Crippen molar-refractivity contribution in [1.82, 2.24) is 29.5 Å². The van der Waals surface area contributed by atoms with E-state index >= 15 is 0 Å². The van der Waals surface area contributed by atoms with E-state index in [0.29, 0.717) is 0 Å². The van der Waals surface area contributed by atoms with Crippen LogP contribution in [0.2, 0.25) is 0 Å². The molecule has 0 aliphatic rings. The molecule has 6 heteroatoms. The van der Waals surface area contributed by atoms with Gasteiger partial charge in [-0.05, 0) is 89.1 Å². The van der Waals surface area contributed by atoms with Crippen LogP contribution in [-0.2, 0) is 0 Å². The molecule has 0 amide bonds. The van der Waals surface area contributed by atoms with Gasteiger partial charge in [0.2, 0.25) is 0 Å². The zero-order valence-corrected chi connectivity index (χ0v) is 28.3. The zero-order valence-electron chi connectivity index (χ0n) is 28.3. The molecule has 0 saturated heterocycles. The summed E-state index contributed by atoms with van der Waals surface area (Å²) in [5, 5.41) is 7.99. The average Bonchev–Trinajstić information content (AvgIpc) is 3.57. The molecule has 0 aliphatic carbocycles. The molecule has 6 aromatic heterocycles. The smallest absolute Gasteiger partial charge is 0.137 e. The minimum absolute atomic E-state index is 0.854. The normalized spacial score (nSPS) is 11.8. The predicted molar refractivity (Wildman–Crippen MR) is 216 cm³/mol. The molecule has 246 valence electrons. The first-order valence-electron chi connectivity index (χ1n) is 17.6. The molecule has 6 heterocycles. The molecular formula is C47H28N6. The Labute approximate surface area is 303 Å². The van der Waals surface area contributed by atoms with Crippen LogP contribution in [0.5, 0.6) is 0 Å². The van der Waals surface area contributed by atoms with Gasteiger partial charge >= 0.3 is 0 Å². The molecule has 11 rings (SSSR count). The first-order valence-corrected chi connectivity index (χ1v) is 17.6. The second kappa shape index (κ2) is 11.6. The van der Waals surface area contributed by atoms with Crippen molar-refractivity contribution in [3.05, 3.63) is 170 Å². The van der Waals surface area contributed by atoms with Gasteiger partial charge in [-0.2, -0.15) is 0 Å². The number of hydrogen-bond acceptors (Lipinski definition) is 5. The average molecular weight is 677 g/mol. The van der Waals surface area contributed by atoms with E-state index in [1.54, 1.807) is 0 Å². The topological polar surface area (TPSA) is 69.4 Å². The summed E-state index contributed by atoms with van der Waals surface area (Å²) < 4.78 is 2.27. The Morgan fingerprint density at radius 3 is 2.02 bits per heavy atom. The van der Waals surface area contributed by atoms with E-state index in [9.17, 15) is 0 Å². The lowest BCUT2D eigenvalue weighted by atomic mass is 9.99. The van der Waals surface area contributed by atoms with Crippen LogP contribution in [0.15, 0.2) is 170 Å². The second-order valence-corrected chi connectivity index (χ2v) is 13.4. The molecule has 0 unspecified atom stereocenters. The molecule has 0 fully saturated rings. The van der Waals surface area contributed by atoms with Crippen molar-refractivity contribution in [3.8, 4) is 39.5 Å². The van der Waals surface area contributed by atoms with Crippen molar-refractivity contribution < 1.29 is 0 Å². The SMILES string of the molecule is c1ccc2nc(-c3ccc(-c4ccc5c(c4)c4c6ccccc6ccc4n5-c4ccc(-c5cc6cccnc6c6ncccc56)cn4)nc3)ccc2c1. The summed E-state index contributed by atoms with van der Waals surface area (Å²) in [5.41, 5.74) is 10.9. The van der Waals surface area contributed by atoms with Crippen LogP contribution in [0.3, 0.4) is 0 Å². The highest BCUT2D eigenvalue weighted by molar-refractivity contribution is 6.22. The maximum Gasteiger partial charge on any atom is 0.137 e. The van der Waals surface area contributed by atoms with E-state index in [1.165, 1.54) is 16.2 Å². The standard InChI is InChI=1S/C47H28N6/c1-3-10-35-29(7-1)15-21-43-45(35)38-25-31(39-18-14-34(28-50-39)41-19-13-30-8-2-4-12-40(30)52-41)16-20-42(38)53(43)44-22-17-33(27-51-44)37-26-32-9-5-23-48-46(32)47-36(37)11-6-24-49-47/h1-28H. The van der Waals surface area contributed by atoms with Crippen LogP contribution in [0.25, 0.3) is 105 Å². The lowest BCUT2D eigenvalue weighted by Crippen LogP contribution is -1.97. The lowest BCUT2D eigenvalue weighted by Gasteiger charge is -2.11. The van der Waals surface area contributed by atoms with Crippen molar-refractivity contribution in [2.75, 3.05) is 0 Å². The molecule has 0 aliphatic heterocycles. The van der Waals surface area contributed by atoms with E-state index in [1.807, 2.05) is 55.1 Å². The highest BCUT2D eigenvalue weighted by atomic mass is 15.1. The van der Waals surface area contributed by atoms with Gasteiger partial charge in [0.25, 0.3) is 0 Å². The summed E-state index contributed by atoms with van der Waals surface area (Å²) in [6, 6.07) is 50.8. The van der Waals surface area contributed by atoms with Crippen LogP contribution >= 0.6 is 0 Å². The van der Waals surface area contributed by atoms with Crippen LogP contribution < -0.4 is 0 Å². The van der Waals surface area contributed by atoms with Gasteiger partial charge in [0.05, 0.1) is 39.0 Å². The Bertz CT molecular complexity index is 3220. The number of para-hydroxylation sites is 1. The summed E-state index contributed by atoms with van der Waals surface area (Å²) in [7, 11) is 0. The molecule has 11 aromatic rings. The van der Waals surface area contributed by atoms with E-state index in [-0.39, 0.29) is 0 Å². The third-order valence-electron chi connectivity index (χ3n) is 10.4. The molecule has 6 nitrogen and oxygen atoms in total. The van der Waals surface area contributed by atoms with Gasteiger partial charge in [-0.25, -0.2) is 9.97 Å². The molecule has 0 N–H and O–H groups in total. The first kappa shape index (κ1) is 29.4. The number of aromatic nitrogens is 6. The molecule has 0 atom stereocenters. The molecular weight excluding hydrogens is 649 g/mol. The van der Waals surface area contributed by atoms with Crippen molar-refractivity contribution in [2.24, 2.45) is 0 Å². The Kier molecular flexibility index (Phi) is 6.45. The number of pyridine rings is 5. The fraction of sp³-hybridized carbons (Fsp3) is 0. The monoisotopic (exact) mass is 676 g/mol. The van der Waals surface area contributed by atoms with Crippen molar-refractivity contribution in [1.29, 1.82) is 0 Å². The van der Waals surface area contributed by atoms with E-state index < -0.39 is 0 Å². The largest absolute Gasteiger partial charge is 0.294 e. The third-order valence-corrected chi connectivity index (χ3v) is 10.4. The van der Waals surface area contributed by atoms with Gasteiger partial charge < -0.3 is 0 Å². The maximum absolute atomic E-state index is 5.11. The van der Waals surface area contributed by atoms with E-state index in [2.05, 4.69) is 125 Å². The molecule has 5 aromatic carbocycles. The summed E-state index contributed by atoms with van der Waals surface area (Å²) in [5.74, 6) is 0.854. The number of fused-ring (bicyclic) bond motifs is 9. The van der Waals surface area contributed by atoms with Gasteiger partial charge in [0.15, 0.2) is 0 Å². The molecule has 53 heavy (non-hydrogen) atoms. The maximum atomic E-state index is 5.11. The Balaban J connectivity index is 1.04. The highest BCUT2D eigenvalue weighted by Gasteiger charge is 2.18. The quantitative estimate of drug-likeness (QED) is 0.174. The Morgan fingerprint density at radius 1 is 0.415 bits per heavy atom. The molecule has 0 bridgehead atoms. The molecule has 0 radical (unpaired) electrons. The summed E-state index contributed by atoms with van der Waals surface area (Å²) in [6.07, 6.45) is 7.55. The van der Waals surface area contributed by atoms with Crippen LogP contribution in [-0.4, -0.2) is 29.5 Å². The predicted octanol–water partition coefficient (Wildman–Crippen LogP) is 11.4. The fourth-order valence-corrected chi connectivity index (χ4v) is 7.83. The Hall–Kier alpha value is -7.31. The van der Waals surface area contributed by atoms with Crippen LogP contribution in [0.4, 0.5) is 0 Å². The van der Waals surface area contributed by atoms with E-state index in [4.69, 9.17) is 19.9 Å². The fourth-order valence-electron chi connectivity index (χ4n) is 7.83. The lowest BCUT2D eigenvalue weighted by molar-refractivity contribution is 1.08. The molecule has 0 spiro atoms. The first-order chi connectivity index (χ1) is 26.3. The zero-order chi connectivity index (χ0) is 34.9. The summed E-state index contributed by atoms with van der Waals surface area (Å²) in [4.78, 5) is 24.3. The van der Waals surface area contributed by atoms with Crippen LogP contribution in [0, 0.1) is 0 Å². The van der Waals surface area contributed by atoms with Crippen LogP contribution in [0.1, 0.15) is 0 Å². The summed E-state index contributed by atoms with van der Waals surface area (Å²) >= 11 is 0. The van der Waals surface area contributed by atoms with Crippen molar-refractivity contribution in [3.63, 3.8) is 0 Å². The van der Waals surface area contributed by atoms with Gasteiger partial charge in [0.1, 0.15) is 5.82 Å². The van der Waals surface area contributed by atoms with E-state index in [0.717, 1.165) is 88.6 Å². The second-order valence-electron chi connectivity index (χ2n) is 13.4. The van der Waals surface area contributed by atoms with Crippen molar-refractivity contribution >= 4 is 65.3 Å². The number of hydrogen-bond donors (Lipinski definition) is 0. The number of nitrogens with zero attached hydrogens (tertiary/aromatic N) is 6. The van der Waals surface area contributed by atoms with Gasteiger partial charge in [-0.15, -0.1) is 0 Å². The minimum atomic E-state index is 0.854.